The van der Waals surface area contributed by atoms with Gasteiger partial charge in [0, 0.05) is 6.04 Å². The predicted molar refractivity (Wildman–Crippen MR) is 83.0 cm³/mol. The predicted octanol–water partition coefficient (Wildman–Crippen LogP) is 4.36. The maximum absolute atomic E-state index is 5.91. The zero-order valence-electron chi connectivity index (χ0n) is 13.1. The maximum Gasteiger partial charge on any atom is 0.123 e. The van der Waals surface area contributed by atoms with Gasteiger partial charge in [0.1, 0.15) is 5.75 Å². The molecule has 1 aromatic rings. The van der Waals surface area contributed by atoms with Crippen molar-refractivity contribution in [1.82, 2.24) is 5.32 Å². The van der Waals surface area contributed by atoms with Crippen molar-refractivity contribution in [2.45, 2.75) is 65.5 Å². The average molecular weight is 263 g/mol. The lowest BCUT2D eigenvalue weighted by Gasteiger charge is -2.22. The van der Waals surface area contributed by atoms with E-state index in [1.54, 1.807) is 0 Å². The Balaban J connectivity index is 2.67. The summed E-state index contributed by atoms with van der Waals surface area (Å²) in [5.41, 5.74) is 1.32. The molecule has 0 saturated heterocycles. The van der Waals surface area contributed by atoms with Crippen LogP contribution >= 0.6 is 0 Å². The number of rotatable bonds is 8. The van der Waals surface area contributed by atoms with Crippen molar-refractivity contribution in [3.63, 3.8) is 0 Å². The Kier molecular flexibility index (Phi) is 6.93. The van der Waals surface area contributed by atoms with Crippen LogP contribution in [0.5, 0.6) is 5.75 Å². The molecule has 0 radical (unpaired) electrons. The van der Waals surface area contributed by atoms with Gasteiger partial charge in [-0.15, -0.1) is 0 Å². The molecule has 1 aromatic carbocycles. The number of ether oxygens (including phenoxy) is 1. The van der Waals surface area contributed by atoms with Crippen molar-refractivity contribution < 1.29 is 4.74 Å². The summed E-state index contributed by atoms with van der Waals surface area (Å²) in [4.78, 5) is 0. The SMILES string of the molecule is CCCNC(C)CC(C)c1ccccc1OC(C)C. The molecule has 0 heterocycles. The molecule has 2 unspecified atom stereocenters. The van der Waals surface area contributed by atoms with Crippen molar-refractivity contribution in [3.05, 3.63) is 29.8 Å². The van der Waals surface area contributed by atoms with E-state index in [9.17, 15) is 0 Å². The highest BCUT2D eigenvalue weighted by molar-refractivity contribution is 5.36. The van der Waals surface area contributed by atoms with Gasteiger partial charge in [0.15, 0.2) is 0 Å². The van der Waals surface area contributed by atoms with Gasteiger partial charge in [0.2, 0.25) is 0 Å². The Labute approximate surface area is 118 Å². The summed E-state index contributed by atoms with van der Waals surface area (Å²) >= 11 is 0. The van der Waals surface area contributed by atoms with Crippen molar-refractivity contribution in [3.8, 4) is 5.75 Å². The Bertz CT molecular complexity index is 362. The first kappa shape index (κ1) is 16.0. The number of hydrogen-bond donors (Lipinski definition) is 1. The van der Waals surface area contributed by atoms with E-state index in [0.29, 0.717) is 12.0 Å². The summed E-state index contributed by atoms with van der Waals surface area (Å²) in [7, 11) is 0. The van der Waals surface area contributed by atoms with Gasteiger partial charge in [-0.25, -0.2) is 0 Å². The minimum Gasteiger partial charge on any atom is -0.491 e. The molecule has 2 heteroatoms. The minimum absolute atomic E-state index is 0.226. The molecular weight excluding hydrogens is 234 g/mol. The minimum atomic E-state index is 0.226. The quantitative estimate of drug-likeness (QED) is 0.752. The van der Waals surface area contributed by atoms with Gasteiger partial charge in [-0.3, -0.25) is 0 Å². The van der Waals surface area contributed by atoms with E-state index in [1.807, 2.05) is 6.07 Å². The molecule has 1 N–H and O–H groups in total. The first-order valence-corrected chi connectivity index (χ1v) is 7.53. The Morgan fingerprint density at radius 3 is 2.42 bits per heavy atom. The highest BCUT2D eigenvalue weighted by Gasteiger charge is 2.15. The third-order valence-corrected chi connectivity index (χ3v) is 3.26. The summed E-state index contributed by atoms with van der Waals surface area (Å²) in [5, 5.41) is 3.55. The number of benzene rings is 1. The fraction of sp³-hybridized carbons (Fsp3) is 0.647. The third-order valence-electron chi connectivity index (χ3n) is 3.26. The van der Waals surface area contributed by atoms with Crippen molar-refractivity contribution in [1.29, 1.82) is 0 Å². The van der Waals surface area contributed by atoms with Crippen LogP contribution in [0.1, 0.15) is 58.9 Å². The van der Waals surface area contributed by atoms with Crippen LogP contribution < -0.4 is 10.1 Å². The number of hydrogen-bond acceptors (Lipinski definition) is 2. The van der Waals surface area contributed by atoms with Gasteiger partial charge < -0.3 is 10.1 Å². The lowest BCUT2D eigenvalue weighted by atomic mass is 9.93. The van der Waals surface area contributed by atoms with Crippen molar-refractivity contribution >= 4 is 0 Å². The summed E-state index contributed by atoms with van der Waals surface area (Å²) < 4.78 is 5.91. The average Bonchev–Trinajstić information content (AvgIpc) is 2.36. The molecule has 2 atom stereocenters. The molecule has 0 fully saturated rings. The summed E-state index contributed by atoms with van der Waals surface area (Å²) in [6.45, 7) is 12.0. The Morgan fingerprint density at radius 1 is 1.11 bits per heavy atom. The van der Waals surface area contributed by atoms with Crippen LogP contribution in [0.3, 0.4) is 0 Å². The first-order valence-electron chi connectivity index (χ1n) is 7.53. The monoisotopic (exact) mass is 263 g/mol. The van der Waals surface area contributed by atoms with Crippen molar-refractivity contribution in [2.24, 2.45) is 0 Å². The zero-order chi connectivity index (χ0) is 14.3. The molecule has 0 aromatic heterocycles. The van der Waals surface area contributed by atoms with Gasteiger partial charge in [-0.05, 0) is 57.7 Å². The van der Waals surface area contributed by atoms with E-state index >= 15 is 0 Å². The first-order chi connectivity index (χ1) is 9.04. The number of para-hydroxylation sites is 1. The molecule has 0 saturated carbocycles. The van der Waals surface area contributed by atoms with E-state index in [0.717, 1.165) is 18.7 Å². The van der Waals surface area contributed by atoms with Crippen LogP contribution in [0.4, 0.5) is 0 Å². The lowest BCUT2D eigenvalue weighted by Crippen LogP contribution is -2.28. The van der Waals surface area contributed by atoms with E-state index in [1.165, 1.54) is 12.0 Å². The number of nitrogens with one attached hydrogen (secondary N) is 1. The largest absolute Gasteiger partial charge is 0.491 e. The molecule has 0 amide bonds. The third kappa shape index (κ3) is 5.65. The molecule has 0 aliphatic rings. The second kappa shape index (κ2) is 8.21. The molecule has 0 aliphatic heterocycles. The summed E-state index contributed by atoms with van der Waals surface area (Å²) in [5.74, 6) is 1.54. The molecule has 19 heavy (non-hydrogen) atoms. The van der Waals surface area contributed by atoms with E-state index in [4.69, 9.17) is 4.74 Å². The highest BCUT2D eigenvalue weighted by atomic mass is 16.5. The second-order valence-corrected chi connectivity index (χ2v) is 5.70. The molecule has 0 bridgehead atoms. The van der Waals surface area contributed by atoms with Crippen molar-refractivity contribution in [2.75, 3.05) is 6.54 Å². The van der Waals surface area contributed by atoms with Crippen LogP contribution in [0, 0.1) is 0 Å². The van der Waals surface area contributed by atoms with Crippen LogP contribution in [-0.4, -0.2) is 18.7 Å². The molecule has 1 rings (SSSR count). The Morgan fingerprint density at radius 2 is 1.79 bits per heavy atom. The van der Waals surface area contributed by atoms with Crippen LogP contribution in [-0.2, 0) is 0 Å². The molecule has 2 nitrogen and oxygen atoms in total. The van der Waals surface area contributed by atoms with Crippen LogP contribution in [0.2, 0.25) is 0 Å². The Hall–Kier alpha value is -1.02. The fourth-order valence-corrected chi connectivity index (χ4v) is 2.38. The van der Waals surface area contributed by atoms with Crippen LogP contribution in [0.15, 0.2) is 24.3 Å². The fourth-order valence-electron chi connectivity index (χ4n) is 2.38. The molecular formula is C17H29NO. The van der Waals surface area contributed by atoms with E-state index in [-0.39, 0.29) is 6.10 Å². The van der Waals surface area contributed by atoms with Gasteiger partial charge in [-0.1, -0.05) is 32.0 Å². The van der Waals surface area contributed by atoms with E-state index < -0.39 is 0 Å². The maximum atomic E-state index is 5.91. The van der Waals surface area contributed by atoms with Gasteiger partial charge in [-0.2, -0.15) is 0 Å². The topological polar surface area (TPSA) is 21.3 Å². The van der Waals surface area contributed by atoms with E-state index in [2.05, 4.69) is 58.1 Å². The molecule has 108 valence electrons. The normalized spacial score (nSPS) is 14.4. The summed E-state index contributed by atoms with van der Waals surface area (Å²) in [6, 6.07) is 8.96. The van der Waals surface area contributed by atoms with Gasteiger partial charge in [0.25, 0.3) is 0 Å². The molecule has 0 spiro atoms. The highest BCUT2D eigenvalue weighted by Crippen LogP contribution is 2.30. The standard InChI is InChI=1S/C17H29NO/c1-6-11-18-15(5)12-14(4)16-9-7-8-10-17(16)19-13(2)3/h7-10,13-15,18H,6,11-12H2,1-5H3. The zero-order valence-corrected chi connectivity index (χ0v) is 13.1. The smallest absolute Gasteiger partial charge is 0.123 e. The molecule has 0 aliphatic carbocycles. The lowest BCUT2D eigenvalue weighted by molar-refractivity contribution is 0.238. The summed E-state index contributed by atoms with van der Waals surface area (Å²) in [6.07, 6.45) is 2.55. The second-order valence-electron chi connectivity index (χ2n) is 5.70. The van der Waals surface area contributed by atoms with Crippen LogP contribution in [0.25, 0.3) is 0 Å². The van der Waals surface area contributed by atoms with Gasteiger partial charge in [0.05, 0.1) is 6.10 Å². The van der Waals surface area contributed by atoms with Gasteiger partial charge >= 0.3 is 0 Å².